The van der Waals surface area contributed by atoms with Gasteiger partial charge in [-0.1, -0.05) is 53.5 Å². The molecule has 0 radical (unpaired) electrons. The van der Waals surface area contributed by atoms with Crippen molar-refractivity contribution < 1.29 is 9.53 Å². The molecule has 1 aliphatic carbocycles. The molecular weight excluding hydrogens is 333 g/mol. The van der Waals surface area contributed by atoms with Crippen molar-refractivity contribution in [1.82, 2.24) is 5.32 Å². The van der Waals surface area contributed by atoms with E-state index in [1.807, 2.05) is 30.3 Å². The molecule has 0 spiro atoms. The van der Waals surface area contributed by atoms with Crippen molar-refractivity contribution >= 4 is 29.1 Å². The largest absolute Gasteiger partial charge is 0.482 e. The van der Waals surface area contributed by atoms with Gasteiger partial charge < -0.3 is 10.1 Å². The van der Waals surface area contributed by atoms with E-state index in [0.29, 0.717) is 21.7 Å². The second kappa shape index (κ2) is 7.24. The van der Waals surface area contributed by atoms with Crippen LogP contribution in [0.1, 0.15) is 24.4 Å². The third-order valence-electron chi connectivity index (χ3n) is 3.82. The van der Waals surface area contributed by atoms with Crippen LogP contribution in [0, 0.1) is 5.92 Å². The van der Waals surface area contributed by atoms with E-state index in [2.05, 4.69) is 5.32 Å². The van der Waals surface area contributed by atoms with Gasteiger partial charge in [-0.05, 0) is 36.5 Å². The number of amides is 1. The van der Waals surface area contributed by atoms with Gasteiger partial charge in [0.25, 0.3) is 5.91 Å². The summed E-state index contributed by atoms with van der Waals surface area (Å²) in [6.07, 6.45) is 2.28. The number of benzene rings is 2. The summed E-state index contributed by atoms with van der Waals surface area (Å²) in [7, 11) is 0. The highest BCUT2D eigenvalue weighted by Gasteiger charge is 2.33. The zero-order chi connectivity index (χ0) is 16.2. The maximum Gasteiger partial charge on any atom is 0.258 e. The van der Waals surface area contributed by atoms with E-state index in [4.69, 9.17) is 27.9 Å². The molecule has 1 atom stereocenters. The summed E-state index contributed by atoms with van der Waals surface area (Å²) in [5.74, 6) is 0.759. The summed E-state index contributed by atoms with van der Waals surface area (Å²) in [6.45, 7) is -0.0872. The molecule has 3 nitrogen and oxygen atoms in total. The van der Waals surface area contributed by atoms with Gasteiger partial charge in [0.2, 0.25) is 0 Å². The van der Waals surface area contributed by atoms with Crippen molar-refractivity contribution in [3.8, 4) is 5.75 Å². The second-order valence-electron chi connectivity index (χ2n) is 5.66. The van der Waals surface area contributed by atoms with Crippen molar-refractivity contribution in [3.05, 3.63) is 64.1 Å². The molecule has 1 saturated carbocycles. The molecule has 3 rings (SSSR count). The molecule has 0 bridgehead atoms. The van der Waals surface area contributed by atoms with Gasteiger partial charge in [0.05, 0.1) is 11.1 Å². The van der Waals surface area contributed by atoms with Gasteiger partial charge in [0.1, 0.15) is 5.75 Å². The minimum atomic E-state index is -0.165. The van der Waals surface area contributed by atoms with Crippen LogP contribution in [0.2, 0.25) is 10.0 Å². The lowest BCUT2D eigenvalue weighted by atomic mass is 10.0. The third-order valence-corrected chi connectivity index (χ3v) is 4.37. The topological polar surface area (TPSA) is 38.3 Å². The third kappa shape index (κ3) is 4.40. The lowest BCUT2D eigenvalue weighted by Gasteiger charge is -2.19. The highest BCUT2D eigenvalue weighted by atomic mass is 35.5. The summed E-state index contributed by atoms with van der Waals surface area (Å²) in [4.78, 5) is 12.2. The van der Waals surface area contributed by atoms with E-state index in [1.54, 1.807) is 18.2 Å². The van der Waals surface area contributed by atoms with Crippen molar-refractivity contribution in [1.29, 1.82) is 0 Å². The fourth-order valence-corrected chi connectivity index (χ4v) is 2.84. The summed E-state index contributed by atoms with van der Waals surface area (Å²) >= 11 is 11.9. The second-order valence-corrected chi connectivity index (χ2v) is 6.50. The summed E-state index contributed by atoms with van der Waals surface area (Å²) in [6, 6.07) is 15.0. The molecule has 5 heteroatoms. The maximum atomic E-state index is 12.2. The fraction of sp³-hybridized carbons (Fsp3) is 0.278. The highest BCUT2D eigenvalue weighted by Crippen LogP contribution is 2.40. The van der Waals surface area contributed by atoms with Crippen LogP contribution >= 0.6 is 23.2 Å². The first kappa shape index (κ1) is 16.2. The molecule has 1 amide bonds. The summed E-state index contributed by atoms with van der Waals surface area (Å²) < 4.78 is 5.49. The SMILES string of the molecule is O=C(COc1cc(Cl)ccc1Cl)N[C@@H](c1ccccc1)C1CC1. The quantitative estimate of drug-likeness (QED) is 0.824. The molecule has 0 heterocycles. The number of hydrogen-bond donors (Lipinski definition) is 1. The minimum absolute atomic E-state index is 0.0436. The van der Waals surface area contributed by atoms with Gasteiger partial charge in [0, 0.05) is 11.1 Å². The lowest BCUT2D eigenvalue weighted by molar-refractivity contribution is -0.124. The number of carbonyl (C=O) groups excluding carboxylic acids is 1. The monoisotopic (exact) mass is 349 g/mol. The zero-order valence-corrected chi connectivity index (χ0v) is 14.0. The van der Waals surface area contributed by atoms with Crippen LogP contribution in [0.5, 0.6) is 5.75 Å². The van der Waals surface area contributed by atoms with Crippen LogP contribution in [0.15, 0.2) is 48.5 Å². The van der Waals surface area contributed by atoms with Gasteiger partial charge in [-0.3, -0.25) is 4.79 Å². The Labute approximate surface area is 145 Å². The molecule has 23 heavy (non-hydrogen) atoms. The van der Waals surface area contributed by atoms with Gasteiger partial charge in [-0.15, -0.1) is 0 Å². The Kier molecular flexibility index (Phi) is 5.09. The maximum absolute atomic E-state index is 12.2. The molecule has 1 aliphatic rings. The van der Waals surface area contributed by atoms with Crippen molar-refractivity contribution in [3.63, 3.8) is 0 Å². The molecule has 0 saturated heterocycles. The normalized spacial score (nSPS) is 15.0. The van der Waals surface area contributed by atoms with Crippen LogP contribution in [0.3, 0.4) is 0 Å². The molecular formula is C18H17Cl2NO2. The summed E-state index contributed by atoms with van der Waals surface area (Å²) in [5.41, 5.74) is 1.13. The Morgan fingerprint density at radius 3 is 2.61 bits per heavy atom. The first-order valence-corrected chi connectivity index (χ1v) is 8.31. The van der Waals surface area contributed by atoms with E-state index in [1.165, 1.54) is 0 Å². The first-order chi connectivity index (χ1) is 11.1. The van der Waals surface area contributed by atoms with E-state index in [-0.39, 0.29) is 18.6 Å². The average Bonchev–Trinajstić information content (AvgIpc) is 3.39. The number of halogens is 2. The molecule has 2 aromatic carbocycles. The van der Waals surface area contributed by atoms with Crippen LogP contribution in [0.25, 0.3) is 0 Å². The molecule has 2 aromatic rings. The predicted octanol–water partition coefficient (Wildman–Crippen LogP) is 4.64. The molecule has 0 unspecified atom stereocenters. The number of carbonyl (C=O) groups is 1. The highest BCUT2D eigenvalue weighted by molar-refractivity contribution is 6.34. The molecule has 0 aromatic heterocycles. The number of hydrogen-bond acceptors (Lipinski definition) is 2. The van der Waals surface area contributed by atoms with Gasteiger partial charge in [0.15, 0.2) is 6.61 Å². The Morgan fingerprint density at radius 1 is 1.17 bits per heavy atom. The van der Waals surface area contributed by atoms with Crippen molar-refractivity contribution in [2.45, 2.75) is 18.9 Å². The average molecular weight is 350 g/mol. The lowest BCUT2D eigenvalue weighted by Crippen LogP contribution is -2.33. The molecule has 1 N–H and O–H groups in total. The number of nitrogens with one attached hydrogen (secondary N) is 1. The van der Waals surface area contributed by atoms with Gasteiger partial charge >= 0.3 is 0 Å². The number of ether oxygens (including phenoxy) is 1. The van der Waals surface area contributed by atoms with Gasteiger partial charge in [-0.25, -0.2) is 0 Å². The van der Waals surface area contributed by atoms with Crippen molar-refractivity contribution in [2.75, 3.05) is 6.61 Å². The predicted molar refractivity (Wildman–Crippen MR) is 92.0 cm³/mol. The Hall–Kier alpha value is -1.71. The van der Waals surface area contributed by atoms with E-state index in [9.17, 15) is 4.79 Å². The molecule has 1 fully saturated rings. The Morgan fingerprint density at radius 2 is 1.91 bits per heavy atom. The molecule has 0 aliphatic heterocycles. The van der Waals surface area contributed by atoms with Crippen LogP contribution in [-0.2, 0) is 4.79 Å². The van der Waals surface area contributed by atoms with Crippen LogP contribution in [-0.4, -0.2) is 12.5 Å². The zero-order valence-electron chi connectivity index (χ0n) is 12.5. The number of rotatable bonds is 6. The van der Waals surface area contributed by atoms with Crippen LogP contribution in [0.4, 0.5) is 0 Å². The van der Waals surface area contributed by atoms with E-state index in [0.717, 1.165) is 18.4 Å². The fourth-order valence-electron chi connectivity index (χ4n) is 2.51. The Balaban J connectivity index is 1.61. The smallest absolute Gasteiger partial charge is 0.258 e. The standard InChI is InChI=1S/C18H17Cl2NO2/c19-14-8-9-15(20)16(10-14)23-11-17(22)21-18(13-6-7-13)12-4-2-1-3-5-12/h1-5,8-10,13,18H,6-7,11H2,(H,21,22)/t18-/m0/s1. The summed E-state index contributed by atoms with van der Waals surface area (Å²) in [5, 5.41) is 4.01. The Bertz CT molecular complexity index is 687. The van der Waals surface area contributed by atoms with Crippen molar-refractivity contribution in [2.24, 2.45) is 5.92 Å². The minimum Gasteiger partial charge on any atom is -0.482 e. The van der Waals surface area contributed by atoms with E-state index < -0.39 is 0 Å². The molecule has 120 valence electrons. The van der Waals surface area contributed by atoms with Gasteiger partial charge in [-0.2, -0.15) is 0 Å². The van der Waals surface area contributed by atoms with Crippen LogP contribution < -0.4 is 10.1 Å². The van der Waals surface area contributed by atoms with E-state index >= 15 is 0 Å². The first-order valence-electron chi connectivity index (χ1n) is 7.55.